The Bertz CT molecular complexity index is 1360. The molecule has 0 radical (unpaired) electrons. The van der Waals surface area contributed by atoms with Crippen LogP contribution in [0.3, 0.4) is 0 Å². The number of nitrogens with two attached hydrogens (primary N) is 1. The quantitative estimate of drug-likeness (QED) is 0.190. The minimum atomic E-state index is -1.18. The molecule has 1 heterocycles. The van der Waals surface area contributed by atoms with Crippen LogP contribution in [0.4, 0.5) is 0 Å². The fourth-order valence-electron chi connectivity index (χ4n) is 4.14. The van der Waals surface area contributed by atoms with E-state index < -0.39 is 29.6 Å². The van der Waals surface area contributed by atoms with Gasteiger partial charge in [0.25, 0.3) is 0 Å². The van der Waals surface area contributed by atoms with Crippen molar-refractivity contribution in [3.63, 3.8) is 0 Å². The van der Waals surface area contributed by atoms with Gasteiger partial charge >= 0.3 is 0 Å². The molecule has 6 N–H and O–H groups in total. The summed E-state index contributed by atoms with van der Waals surface area (Å²) in [5.74, 6) is -1.23. The molecule has 3 rings (SSSR count). The first kappa shape index (κ1) is 28.7. The molecular weight excluding hydrogens is 498 g/mol. The van der Waals surface area contributed by atoms with Crippen molar-refractivity contribution in [3.05, 3.63) is 76.7 Å². The van der Waals surface area contributed by atoms with Gasteiger partial charge < -0.3 is 27.1 Å². The standard InChI is InChI=1S/C29H35N5O3S/c1-18-9-5-6-10-22(18)20(13-14-30)16-26(32-19(2)35)34-27(36)24(33-28(37)29(3,4)31)15-21-17-38-25-12-8-7-11-23(21)25/h5-14,17,24,26,30H,15-16,31H2,1-4H3,(H,32,35)(H,33,37)(H,34,36)/b20-13-,30-14?/t24-,26-/m1/s1. The van der Waals surface area contributed by atoms with Crippen LogP contribution >= 0.6 is 11.3 Å². The summed E-state index contributed by atoms with van der Waals surface area (Å²) in [5.41, 5.74) is 8.46. The minimum Gasteiger partial charge on any atom is -0.342 e. The van der Waals surface area contributed by atoms with Crippen LogP contribution < -0.4 is 21.7 Å². The Morgan fingerprint density at radius 3 is 2.39 bits per heavy atom. The molecule has 0 bridgehead atoms. The lowest BCUT2D eigenvalue weighted by atomic mass is 9.96. The number of hydrogen-bond donors (Lipinski definition) is 5. The molecule has 38 heavy (non-hydrogen) atoms. The maximum atomic E-state index is 13.6. The highest BCUT2D eigenvalue weighted by Crippen LogP contribution is 2.27. The first-order valence-corrected chi connectivity index (χ1v) is 13.3. The lowest BCUT2D eigenvalue weighted by Crippen LogP contribution is -2.59. The van der Waals surface area contributed by atoms with Gasteiger partial charge in [0.2, 0.25) is 17.7 Å². The summed E-state index contributed by atoms with van der Waals surface area (Å²) >= 11 is 1.57. The maximum Gasteiger partial charge on any atom is 0.244 e. The van der Waals surface area contributed by atoms with Crippen LogP contribution in [0.1, 0.15) is 43.9 Å². The van der Waals surface area contributed by atoms with E-state index in [2.05, 4.69) is 16.0 Å². The Labute approximate surface area is 227 Å². The van der Waals surface area contributed by atoms with Gasteiger partial charge in [-0.05, 0) is 65.9 Å². The fraction of sp³-hybridized carbons (Fsp3) is 0.310. The smallest absolute Gasteiger partial charge is 0.244 e. The van der Waals surface area contributed by atoms with E-state index in [0.29, 0.717) is 0 Å². The lowest BCUT2D eigenvalue weighted by Gasteiger charge is -2.27. The van der Waals surface area contributed by atoms with E-state index in [4.69, 9.17) is 11.1 Å². The number of fused-ring (bicyclic) bond motifs is 1. The Morgan fingerprint density at radius 2 is 1.74 bits per heavy atom. The number of thiophene rings is 1. The van der Waals surface area contributed by atoms with E-state index in [-0.39, 0.29) is 18.7 Å². The van der Waals surface area contributed by atoms with Crippen molar-refractivity contribution < 1.29 is 14.4 Å². The Morgan fingerprint density at radius 1 is 1.05 bits per heavy atom. The maximum absolute atomic E-state index is 13.6. The summed E-state index contributed by atoms with van der Waals surface area (Å²) in [6, 6.07) is 14.7. The van der Waals surface area contributed by atoms with Gasteiger partial charge in [0.1, 0.15) is 12.2 Å². The highest BCUT2D eigenvalue weighted by atomic mass is 32.1. The topological polar surface area (TPSA) is 137 Å². The minimum absolute atomic E-state index is 0.246. The third kappa shape index (κ3) is 7.60. The van der Waals surface area contributed by atoms with E-state index in [0.717, 1.165) is 32.3 Å². The van der Waals surface area contributed by atoms with Gasteiger partial charge in [-0.15, -0.1) is 11.3 Å². The second kappa shape index (κ2) is 12.6. The largest absolute Gasteiger partial charge is 0.342 e. The van der Waals surface area contributed by atoms with E-state index in [1.54, 1.807) is 31.3 Å². The van der Waals surface area contributed by atoms with Crippen LogP contribution in [-0.4, -0.2) is 41.7 Å². The van der Waals surface area contributed by atoms with E-state index in [9.17, 15) is 14.4 Å². The highest BCUT2D eigenvalue weighted by Gasteiger charge is 2.30. The zero-order valence-corrected chi connectivity index (χ0v) is 22.9. The molecule has 0 aliphatic carbocycles. The summed E-state index contributed by atoms with van der Waals surface area (Å²) in [6.45, 7) is 6.49. The number of aryl methyl sites for hydroxylation is 1. The predicted molar refractivity (Wildman–Crippen MR) is 154 cm³/mol. The van der Waals surface area contributed by atoms with E-state index in [1.807, 2.05) is 60.8 Å². The Hall–Kier alpha value is -3.82. The second-order valence-electron chi connectivity index (χ2n) is 9.85. The number of amides is 3. The first-order valence-electron chi connectivity index (χ1n) is 12.4. The lowest BCUT2D eigenvalue weighted by molar-refractivity contribution is -0.132. The number of allylic oxidation sites excluding steroid dienone is 1. The summed E-state index contributed by atoms with van der Waals surface area (Å²) in [7, 11) is 0. The molecule has 0 fully saturated rings. The van der Waals surface area contributed by atoms with Gasteiger partial charge in [0, 0.05) is 30.7 Å². The van der Waals surface area contributed by atoms with Crippen molar-refractivity contribution in [2.45, 2.75) is 58.3 Å². The number of nitrogens with one attached hydrogen (secondary N) is 4. The van der Waals surface area contributed by atoms with Gasteiger partial charge in [-0.25, -0.2) is 0 Å². The average molecular weight is 534 g/mol. The van der Waals surface area contributed by atoms with Crippen LogP contribution in [0, 0.1) is 12.3 Å². The third-order valence-corrected chi connectivity index (χ3v) is 7.10. The summed E-state index contributed by atoms with van der Waals surface area (Å²) < 4.78 is 1.09. The molecule has 2 atom stereocenters. The zero-order valence-electron chi connectivity index (χ0n) is 22.1. The van der Waals surface area contributed by atoms with Crippen molar-refractivity contribution in [1.82, 2.24) is 16.0 Å². The predicted octanol–water partition coefficient (Wildman–Crippen LogP) is 3.68. The zero-order chi connectivity index (χ0) is 27.9. The molecule has 0 saturated heterocycles. The molecule has 0 aliphatic heterocycles. The van der Waals surface area contributed by atoms with Gasteiger partial charge in [0.05, 0.1) is 5.54 Å². The van der Waals surface area contributed by atoms with Crippen molar-refractivity contribution in [1.29, 1.82) is 5.41 Å². The molecule has 0 spiro atoms. The van der Waals surface area contributed by atoms with Gasteiger partial charge in [-0.2, -0.15) is 0 Å². The SMILES string of the molecule is CC(=O)N[C@@H](C/C(=C/C=N)c1ccccc1C)NC(=O)[C@@H](Cc1csc2ccccc12)NC(=O)C(C)(C)N. The number of benzene rings is 2. The number of rotatable bonds is 11. The molecule has 2 aromatic carbocycles. The highest BCUT2D eigenvalue weighted by molar-refractivity contribution is 7.17. The van der Waals surface area contributed by atoms with Crippen molar-refractivity contribution >= 4 is 50.9 Å². The summed E-state index contributed by atoms with van der Waals surface area (Å²) in [4.78, 5) is 38.5. The first-order chi connectivity index (χ1) is 18.0. The number of carbonyl (C=O) groups excluding carboxylic acids is 3. The Kier molecular flexibility index (Phi) is 9.55. The molecule has 3 amide bonds. The van der Waals surface area contributed by atoms with Crippen LogP contribution in [0.15, 0.2) is 60.0 Å². The molecule has 200 valence electrons. The van der Waals surface area contributed by atoms with Gasteiger partial charge in [-0.1, -0.05) is 42.5 Å². The molecule has 0 aliphatic rings. The second-order valence-corrected chi connectivity index (χ2v) is 10.8. The van der Waals surface area contributed by atoms with Crippen molar-refractivity contribution in [3.8, 4) is 0 Å². The normalized spacial score (nSPS) is 13.4. The fourth-order valence-corrected chi connectivity index (χ4v) is 5.12. The molecule has 8 nitrogen and oxygen atoms in total. The molecule has 1 aromatic heterocycles. The van der Waals surface area contributed by atoms with E-state index in [1.165, 1.54) is 13.1 Å². The van der Waals surface area contributed by atoms with Crippen molar-refractivity contribution in [2.75, 3.05) is 0 Å². The summed E-state index contributed by atoms with van der Waals surface area (Å²) in [6.07, 6.45) is 2.57. The average Bonchev–Trinajstić information content (AvgIpc) is 3.25. The van der Waals surface area contributed by atoms with Crippen LogP contribution in [0.5, 0.6) is 0 Å². The number of carbonyl (C=O) groups is 3. The van der Waals surface area contributed by atoms with Gasteiger partial charge in [-0.3, -0.25) is 14.4 Å². The van der Waals surface area contributed by atoms with Crippen LogP contribution in [-0.2, 0) is 20.8 Å². The molecule has 0 unspecified atom stereocenters. The van der Waals surface area contributed by atoms with Crippen molar-refractivity contribution in [2.24, 2.45) is 5.73 Å². The monoisotopic (exact) mass is 533 g/mol. The molecule has 0 saturated carbocycles. The molecule has 9 heteroatoms. The summed E-state index contributed by atoms with van der Waals surface area (Å²) in [5, 5.41) is 19.1. The van der Waals surface area contributed by atoms with E-state index >= 15 is 0 Å². The van der Waals surface area contributed by atoms with Crippen LogP contribution in [0.25, 0.3) is 15.7 Å². The third-order valence-electron chi connectivity index (χ3n) is 6.09. The van der Waals surface area contributed by atoms with Gasteiger partial charge in [0.15, 0.2) is 0 Å². The number of hydrogen-bond acceptors (Lipinski definition) is 6. The molecule has 3 aromatic rings. The molecular formula is C29H35N5O3S. The Balaban J connectivity index is 1.89. The van der Waals surface area contributed by atoms with Crippen LogP contribution in [0.2, 0.25) is 0 Å².